The number of rotatable bonds is 7. The number of para-hydroxylation sites is 1. The Balaban J connectivity index is 1.35. The number of aromatic nitrogens is 2. The minimum atomic E-state index is -4.68. The van der Waals surface area contributed by atoms with E-state index in [2.05, 4.69) is 36.5 Å². The van der Waals surface area contributed by atoms with Crippen molar-refractivity contribution in [2.75, 3.05) is 16.4 Å². The molecule has 4 aromatic rings. The smallest absolute Gasteiger partial charge is 0.322 e. The number of alkyl halides is 3. The molecule has 0 saturated carbocycles. The molecule has 2 N–H and O–H groups in total. The van der Waals surface area contributed by atoms with Gasteiger partial charge in [0.2, 0.25) is 5.91 Å². The van der Waals surface area contributed by atoms with Crippen molar-refractivity contribution in [2.45, 2.75) is 37.0 Å². The number of aryl methyl sites for hydroxylation is 1. The molecule has 206 valence electrons. The molecule has 1 aliphatic rings. The molecule has 5 rings (SSSR count). The first-order chi connectivity index (χ1) is 19.2. The van der Waals surface area contributed by atoms with E-state index < -0.39 is 17.8 Å². The number of nitrogens with zero attached hydrogens (tertiary/aromatic N) is 2. The van der Waals surface area contributed by atoms with Crippen LogP contribution >= 0.6 is 39.0 Å². The van der Waals surface area contributed by atoms with Gasteiger partial charge >= 0.3 is 6.18 Å². The van der Waals surface area contributed by atoms with Crippen LogP contribution in [0.3, 0.4) is 0 Å². The second-order valence-corrected chi connectivity index (χ2v) is 12.0. The number of hydrogen-bond donors (Lipinski definition) is 2. The van der Waals surface area contributed by atoms with Crippen molar-refractivity contribution in [3.63, 3.8) is 0 Å². The number of nitrogens with one attached hydrogen (secondary N) is 2. The molecule has 0 unspecified atom stereocenters. The Morgan fingerprint density at radius 1 is 0.975 bits per heavy atom. The number of fused-ring (bicyclic) bond motifs is 1. The molecule has 1 aliphatic carbocycles. The highest BCUT2D eigenvalue weighted by Gasteiger charge is 2.34. The Hall–Kier alpha value is -3.22. The number of thiophene rings is 1. The maximum atomic E-state index is 13.6. The van der Waals surface area contributed by atoms with Crippen LogP contribution in [0.1, 0.15) is 39.3 Å². The van der Waals surface area contributed by atoms with E-state index in [0.29, 0.717) is 21.8 Å². The summed E-state index contributed by atoms with van der Waals surface area (Å²) >= 11 is 5.48. The molecule has 0 bridgehead atoms. The quantitative estimate of drug-likeness (QED) is 0.158. The summed E-state index contributed by atoms with van der Waals surface area (Å²) in [5.74, 6) is -1.01. The zero-order valence-corrected chi connectivity index (χ0v) is 24.1. The first-order valence-electron chi connectivity index (χ1n) is 12.3. The standard InChI is InChI=1S/C28H22BrF3N4O2S2/c29-17-12-10-16(11-13-17)20-14-22(28(30,31)32)35-27(34-20)39-15-23(37)36-26-24(19-8-4-5-9-21(19)40-26)25(38)33-18-6-2-1-3-7-18/h1-3,6-7,10-14H,4-5,8-9,15H2,(H,33,38)(H,36,37). The monoisotopic (exact) mass is 646 g/mol. The van der Waals surface area contributed by atoms with Gasteiger partial charge in [0, 0.05) is 20.6 Å². The zero-order chi connectivity index (χ0) is 28.3. The van der Waals surface area contributed by atoms with Crippen LogP contribution in [-0.2, 0) is 23.8 Å². The number of halogens is 4. The fourth-order valence-corrected chi connectivity index (χ4v) is 6.53. The van der Waals surface area contributed by atoms with E-state index in [1.807, 2.05) is 18.2 Å². The highest BCUT2D eigenvalue weighted by Crippen LogP contribution is 2.39. The third-order valence-corrected chi connectivity index (χ3v) is 8.73. The largest absolute Gasteiger partial charge is 0.433 e. The number of hydrogen-bond acceptors (Lipinski definition) is 6. The van der Waals surface area contributed by atoms with Gasteiger partial charge in [-0.05, 0) is 61.6 Å². The van der Waals surface area contributed by atoms with E-state index in [4.69, 9.17) is 0 Å². The van der Waals surface area contributed by atoms with Crippen LogP contribution in [0.4, 0.5) is 23.9 Å². The number of amides is 2. The lowest BCUT2D eigenvalue weighted by Crippen LogP contribution is -2.19. The van der Waals surface area contributed by atoms with Crippen molar-refractivity contribution >= 4 is 61.5 Å². The Bertz CT molecular complexity index is 1540. The van der Waals surface area contributed by atoms with Gasteiger partial charge in [0.15, 0.2) is 5.16 Å². The summed E-state index contributed by atoms with van der Waals surface area (Å²) in [5.41, 5.74) is 1.51. The molecular formula is C28H22BrF3N4O2S2. The fraction of sp³-hybridized carbons (Fsp3) is 0.214. The van der Waals surface area contributed by atoms with Crippen molar-refractivity contribution in [1.82, 2.24) is 9.97 Å². The average Bonchev–Trinajstić information content (AvgIpc) is 3.30. The first-order valence-corrected chi connectivity index (χ1v) is 14.9. The molecule has 12 heteroatoms. The maximum Gasteiger partial charge on any atom is 0.433 e. The molecule has 2 aromatic carbocycles. The van der Waals surface area contributed by atoms with Gasteiger partial charge in [-0.2, -0.15) is 13.2 Å². The van der Waals surface area contributed by atoms with E-state index in [-0.39, 0.29) is 22.5 Å². The summed E-state index contributed by atoms with van der Waals surface area (Å²) in [6.45, 7) is 0. The summed E-state index contributed by atoms with van der Waals surface area (Å²) in [7, 11) is 0. The van der Waals surface area contributed by atoms with Gasteiger partial charge in [-0.25, -0.2) is 9.97 Å². The lowest BCUT2D eigenvalue weighted by Gasteiger charge is -2.13. The molecule has 40 heavy (non-hydrogen) atoms. The molecule has 6 nitrogen and oxygen atoms in total. The maximum absolute atomic E-state index is 13.6. The van der Waals surface area contributed by atoms with Gasteiger partial charge in [0.05, 0.1) is 17.0 Å². The van der Waals surface area contributed by atoms with Crippen molar-refractivity contribution in [1.29, 1.82) is 0 Å². The van der Waals surface area contributed by atoms with Crippen molar-refractivity contribution in [3.8, 4) is 11.3 Å². The van der Waals surface area contributed by atoms with E-state index in [0.717, 1.165) is 58.4 Å². The van der Waals surface area contributed by atoms with Crippen molar-refractivity contribution < 1.29 is 22.8 Å². The highest BCUT2D eigenvalue weighted by molar-refractivity contribution is 9.10. The number of carbonyl (C=O) groups excluding carboxylic acids is 2. The van der Waals surface area contributed by atoms with Crippen LogP contribution in [0.5, 0.6) is 0 Å². The van der Waals surface area contributed by atoms with Crippen molar-refractivity contribution in [2.24, 2.45) is 0 Å². The first kappa shape index (κ1) is 28.3. The normalized spacial score (nSPS) is 13.0. The number of carbonyl (C=O) groups is 2. The van der Waals surface area contributed by atoms with Gasteiger partial charge in [-0.15, -0.1) is 11.3 Å². The lowest BCUT2D eigenvalue weighted by molar-refractivity contribution is -0.141. The number of anilines is 2. The Labute approximate surface area is 245 Å². The fourth-order valence-electron chi connectivity index (χ4n) is 4.31. The van der Waals surface area contributed by atoms with Crippen LogP contribution in [0.15, 0.2) is 70.3 Å². The summed E-state index contributed by atoms with van der Waals surface area (Å²) in [5, 5.41) is 5.98. The third kappa shape index (κ3) is 6.73. The Kier molecular flexibility index (Phi) is 8.57. The van der Waals surface area contributed by atoms with Gasteiger partial charge < -0.3 is 10.6 Å². The van der Waals surface area contributed by atoms with E-state index in [1.165, 1.54) is 11.3 Å². The second kappa shape index (κ2) is 12.1. The molecular weight excluding hydrogens is 625 g/mol. The van der Waals surface area contributed by atoms with Crippen LogP contribution in [0, 0.1) is 0 Å². The van der Waals surface area contributed by atoms with Crippen LogP contribution < -0.4 is 10.6 Å². The molecule has 0 aliphatic heterocycles. The molecule has 0 atom stereocenters. The summed E-state index contributed by atoms with van der Waals surface area (Å²) in [4.78, 5) is 35.2. The lowest BCUT2D eigenvalue weighted by atomic mass is 9.95. The molecule has 0 spiro atoms. The Morgan fingerprint density at radius 3 is 2.42 bits per heavy atom. The van der Waals surface area contributed by atoms with Crippen LogP contribution in [0.25, 0.3) is 11.3 Å². The van der Waals surface area contributed by atoms with Crippen LogP contribution in [-0.4, -0.2) is 27.5 Å². The molecule has 2 amide bonds. The molecule has 2 heterocycles. The average molecular weight is 648 g/mol. The topological polar surface area (TPSA) is 84.0 Å². The van der Waals surface area contributed by atoms with E-state index >= 15 is 0 Å². The molecule has 0 saturated heterocycles. The summed E-state index contributed by atoms with van der Waals surface area (Å²) in [6.07, 6.45) is -1.16. The number of thioether (sulfide) groups is 1. The van der Waals surface area contributed by atoms with Crippen molar-refractivity contribution in [3.05, 3.63) is 86.8 Å². The second-order valence-electron chi connectivity index (χ2n) is 9.00. The highest BCUT2D eigenvalue weighted by atomic mass is 79.9. The minimum Gasteiger partial charge on any atom is -0.322 e. The van der Waals surface area contributed by atoms with Gasteiger partial charge in [-0.3, -0.25) is 9.59 Å². The van der Waals surface area contributed by atoms with Crippen LogP contribution in [0.2, 0.25) is 0 Å². The third-order valence-electron chi connectivity index (χ3n) is 6.15. The van der Waals surface area contributed by atoms with E-state index in [9.17, 15) is 22.8 Å². The predicted molar refractivity (Wildman–Crippen MR) is 155 cm³/mol. The number of benzene rings is 2. The zero-order valence-electron chi connectivity index (χ0n) is 20.8. The minimum absolute atomic E-state index is 0.100. The molecule has 2 aromatic heterocycles. The van der Waals surface area contributed by atoms with E-state index in [1.54, 1.807) is 36.4 Å². The summed E-state index contributed by atoms with van der Waals surface area (Å²) < 4.78 is 41.5. The predicted octanol–water partition coefficient (Wildman–Crippen LogP) is 7.85. The van der Waals surface area contributed by atoms with Gasteiger partial charge in [0.1, 0.15) is 10.7 Å². The Morgan fingerprint density at radius 2 is 1.70 bits per heavy atom. The SMILES string of the molecule is O=C(CSc1nc(-c2ccc(Br)cc2)cc(C(F)(F)F)n1)Nc1sc2c(c1C(=O)Nc1ccccc1)CCCC2. The molecule has 0 fully saturated rings. The van der Waals surface area contributed by atoms with Gasteiger partial charge in [-0.1, -0.05) is 58.0 Å². The molecule has 0 radical (unpaired) electrons. The van der Waals surface area contributed by atoms with Gasteiger partial charge in [0.25, 0.3) is 5.91 Å². The summed E-state index contributed by atoms with van der Waals surface area (Å²) in [6, 6.07) is 16.6.